The van der Waals surface area contributed by atoms with Gasteiger partial charge in [-0.3, -0.25) is 4.72 Å². The minimum absolute atomic E-state index is 0.0968. The summed E-state index contributed by atoms with van der Waals surface area (Å²) in [5.74, 6) is 0.281. The van der Waals surface area contributed by atoms with E-state index in [9.17, 15) is 8.42 Å². The zero-order valence-electron chi connectivity index (χ0n) is 12.3. The van der Waals surface area contributed by atoms with Crippen molar-refractivity contribution in [3.63, 3.8) is 0 Å². The summed E-state index contributed by atoms with van der Waals surface area (Å²) in [4.78, 5) is 0.0968. The number of hydrogen-bond acceptors (Lipinski definition) is 5. The summed E-state index contributed by atoms with van der Waals surface area (Å²) >= 11 is 0. The van der Waals surface area contributed by atoms with E-state index in [2.05, 4.69) is 15.2 Å². The molecule has 0 unspecified atom stereocenters. The third-order valence-electron chi connectivity index (χ3n) is 2.99. The SMILES string of the molecule is CCNCc1cccc(NS(=O)(=O)c2c(C)noc2C)c1. The fraction of sp³-hybridized carbons (Fsp3) is 0.357. The Labute approximate surface area is 124 Å². The van der Waals surface area contributed by atoms with Crippen LogP contribution < -0.4 is 10.0 Å². The number of aryl methyl sites for hydroxylation is 2. The van der Waals surface area contributed by atoms with Gasteiger partial charge in [0.1, 0.15) is 5.69 Å². The molecule has 114 valence electrons. The third-order valence-corrected chi connectivity index (χ3v) is 4.62. The van der Waals surface area contributed by atoms with Crippen LogP contribution in [0.3, 0.4) is 0 Å². The fourth-order valence-corrected chi connectivity index (χ4v) is 3.46. The maximum atomic E-state index is 12.4. The topological polar surface area (TPSA) is 84.2 Å². The molecule has 0 bridgehead atoms. The lowest BCUT2D eigenvalue weighted by atomic mass is 10.2. The Morgan fingerprint density at radius 1 is 1.29 bits per heavy atom. The average Bonchev–Trinajstić information content (AvgIpc) is 2.76. The van der Waals surface area contributed by atoms with Crippen molar-refractivity contribution in [1.82, 2.24) is 10.5 Å². The minimum Gasteiger partial charge on any atom is -0.360 e. The zero-order valence-corrected chi connectivity index (χ0v) is 13.1. The highest BCUT2D eigenvalue weighted by Gasteiger charge is 2.24. The molecule has 0 saturated carbocycles. The van der Waals surface area contributed by atoms with Crippen LogP contribution in [0.1, 0.15) is 23.9 Å². The Hall–Kier alpha value is -1.86. The molecule has 0 aliphatic heterocycles. The Bertz CT molecular complexity index is 703. The molecule has 7 heteroatoms. The van der Waals surface area contributed by atoms with Gasteiger partial charge in [-0.2, -0.15) is 0 Å². The van der Waals surface area contributed by atoms with E-state index in [0.717, 1.165) is 12.1 Å². The molecule has 0 fully saturated rings. The summed E-state index contributed by atoms with van der Waals surface area (Å²) in [6.07, 6.45) is 0. The minimum atomic E-state index is -3.70. The summed E-state index contributed by atoms with van der Waals surface area (Å²) in [6.45, 7) is 6.75. The number of rotatable bonds is 6. The Kier molecular flexibility index (Phi) is 4.64. The second-order valence-corrected chi connectivity index (χ2v) is 6.36. The Morgan fingerprint density at radius 3 is 2.67 bits per heavy atom. The standard InChI is InChI=1S/C14H19N3O3S/c1-4-15-9-12-6-5-7-13(8-12)17-21(18,19)14-10(2)16-20-11(14)3/h5-8,15,17H,4,9H2,1-3H3. The van der Waals surface area contributed by atoms with Crippen LogP contribution >= 0.6 is 0 Å². The van der Waals surface area contributed by atoms with Gasteiger partial charge in [-0.15, -0.1) is 0 Å². The number of benzene rings is 1. The van der Waals surface area contributed by atoms with E-state index in [4.69, 9.17) is 4.52 Å². The van der Waals surface area contributed by atoms with Crippen molar-refractivity contribution in [3.8, 4) is 0 Å². The first-order valence-electron chi connectivity index (χ1n) is 6.69. The summed E-state index contributed by atoms with van der Waals surface area (Å²) in [5, 5.41) is 6.88. The molecule has 1 aromatic heterocycles. The molecule has 1 aromatic carbocycles. The largest absolute Gasteiger partial charge is 0.360 e. The van der Waals surface area contributed by atoms with Crippen LogP contribution in [0.5, 0.6) is 0 Å². The van der Waals surface area contributed by atoms with Gasteiger partial charge in [0.05, 0.1) is 0 Å². The molecule has 1 heterocycles. The van der Waals surface area contributed by atoms with Gasteiger partial charge < -0.3 is 9.84 Å². The maximum Gasteiger partial charge on any atom is 0.267 e. The zero-order chi connectivity index (χ0) is 15.5. The van der Waals surface area contributed by atoms with Crippen LogP contribution in [0.4, 0.5) is 5.69 Å². The molecule has 0 aliphatic carbocycles. The van der Waals surface area contributed by atoms with Crippen LogP contribution in [0.15, 0.2) is 33.7 Å². The summed E-state index contributed by atoms with van der Waals surface area (Å²) in [7, 11) is -3.70. The van der Waals surface area contributed by atoms with Crippen LogP contribution in [-0.2, 0) is 16.6 Å². The van der Waals surface area contributed by atoms with Gasteiger partial charge in [0.15, 0.2) is 10.7 Å². The van der Waals surface area contributed by atoms with E-state index in [0.29, 0.717) is 17.9 Å². The van der Waals surface area contributed by atoms with Crippen molar-refractivity contribution in [1.29, 1.82) is 0 Å². The van der Waals surface area contributed by atoms with E-state index in [-0.39, 0.29) is 10.7 Å². The van der Waals surface area contributed by atoms with Gasteiger partial charge in [0.25, 0.3) is 10.0 Å². The number of sulfonamides is 1. The molecule has 0 radical (unpaired) electrons. The monoisotopic (exact) mass is 309 g/mol. The highest BCUT2D eigenvalue weighted by molar-refractivity contribution is 7.92. The predicted molar refractivity (Wildman–Crippen MR) is 80.6 cm³/mol. The number of anilines is 1. The quantitative estimate of drug-likeness (QED) is 0.854. The fourth-order valence-electron chi connectivity index (χ4n) is 2.08. The summed E-state index contributed by atoms with van der Waals surface area (Å²) < 4.78 is 32.3. The summed E-state index contributed by atoms with van der Waals surface area (Å²) in [6, 6.07) is 7.28. The van der Waals surface area contributed by atoms with Gasteiger partial charge in [-0.25, -0.2) is 8.42 Å². The highest BCUT2D eigenvalue weighted by atomic mass is 32.2. The first-order chi connectivity index (χ1) is 9.94. The lowest BCUT2D eigenvalue weighted by Crippen LogP contribution is -2.15. The molecule has 2 N–H and O–H groups in total. The molecule has 0 aliphatic rings. The maximum absolute atomic E-state index is 12.4. The van der Waals surface area contributed by atoms with Gasteiger partial charge >= 0.3 is 0 Å². The molecule has 6 nitrogen and oxygen atoms in total. The average molecular weight is 309 g/mol. The molecule has 21 heavy (non-hydrogen) atoms. The van der Waals surface area contributed by atoms with Crippen molar-refractivity contribution in [2.45, 2.75) is 32.2 Å². The third kappa shape index (κ3) is 3.62. The molecule has 0 spiro atoms. The van der Waals surface area contributed by atoms with Crippen LogP contribution in [0.25, 0.3) is 0 Å². The van der Waals surface area contributed by atoms with Gasteiger partial charge in [-0.1, -0.05) is 24.2 Å². The van der Waals surface area contributed by atoms with E-state index in [1.807, 2.05) is 19.1 Å². The second-order valence-electron chi connectivity index (χ2n) is 4.74. The molecular weight excluding hydrogens is 290 g/mol. The highest BCUT2D eigenvalue weighted by Crippen LogP contribution is 2.22. The van der Waals surface area contributed by atoms with E-state index in [1.54, 1.807) is 26.0 Å². The van der Waals surface area contributed by atoms with Crippen molar-refractivity contribution >= 4 is 15.7 Å². The van der Waals surface area contributed by atoms with Crippen LogP contribution in [0.2, 0.25) is 0 Å². The van der Waals surface area contributed by atoms with Crippen molar-refractivity contribution in [3.05, 3.63) is 41.3 Å². The van der Waals surface area contributed by atoms with Crippen LogP contribution in [-0.4, -0.2) is 20.1 Å². The number of aromatic nitrogens is 1. The van der Waals surface area contributed by atoms with E-state index < -0.39 is 10.0 Å². The van der Waals surface area contributed by atoms with E-state index in [1.165, 1.54) is 0 Å². The molecule has 0 atom stereocenters. The smallest absolute Gasteiger partial charge is 0.267 e. The lowest BCUT2D eigenvalue weighted by Gasteiger charge is -2.09. The molecule has 0 saturated heterocycles. The Morgan fingerprint density at radius 2 is 2.05 bits per heavy atom. The van der Waals surface area contributed by atoms with Gasteiger partial charge in [0.2, 0.25) is 0 Å². The van der Waals surface area contributed by atoms with Crippen molar-refractivity contribution in [2.75, 3.05) is 11.3 Å². The van der Waals surface area contributed by atoms with Gasteiger partial charge in [-0.05, 0) is 38.1 Å². The lowest BCUT2D eigenvalue weighted by molar-refractivity contribution is 0.390. The molecule has 0 amide bonds. The predicted octanol–water partition coefficient (Wildman–Crippen LogP) is 2.20. The van der Waals surface area contributed by atoms with Gasteiger partial charge in [0, 0.05) is 12.2 Å². The Balaban J connectivity index is 2.25. The van der Waals surface area contributed by atoms with Crippen LogP contribution in [0, 0.1) is 13.8 Å². The van der Waals surface area contributed by atoms with Crippen molar-refractivity contribution < 1.29 is 12.9 Å². The number of nitrogens with zero attached hydrogens (tertiary/aromatic N) is 1. The number of nitrogens with one attached hydrogen (secondary N) is 2. The molecule has 2 aromatic rings. The normalized spacial score (nSPS) is 11.6. The van der Waals surface area contributed by atoms with Crippen molar-refractivity contribution in [2.24, 2.45) is 0 Å². The molecule has 2 rings (SSSR count). The first kappa shape index (κ1) is 15.5. The first-order valence-corrected chi connectivity index (χ1v) is 8.17. The summed E-state index contributed by atoms with van der Waals surface area (Å²) in [5.41, 5.74) is 1.88. The second kappa shape index (κ2) is 6.28. The number of hydrogen-bond donors (Lipinski definition) is 2. The molecular formula is C14H19N3O3S. The van der Waals surface area contributed by atoms with E-state index >= 15 is 0 Å².